The minimum absolute atomic E-state index is 0.258. The Labute approximate surface area is 132 Å². The molecule has 1 aromatic heterocycles. The van der Waals surface area contributed by atoms with Gasteiger partial charge in [0.05, 0.1) is 6.20 Å². The molecule has 21 heavy (non-hydrogen) atoms. The third-order valence-electron chi connectivity index (χ3n) is 3.80. The average Bonchev–Trinajstić information content (AvgIpc) is 2.94. The number of aromatic nitrogens is 2. The van der Waals surface area contributed by atoms with Gasteiger partial charge in [0, 0.05) is 35.4 Å². The Bertz CT molecular complexity index is 560. The lowest BCUT2D eigenvalue weighted by molar-refractivity contribution is 0.374. The van der Waals surface area contributed by atoms with Gasteiger partial charge in [0.15, 0.2) is 0 Å². The number of nitrogens with one attached hydrogen (secondary N) is 1. The molecule has 0 radical (unpaired) electrons. The normalized spacial score (nSPS) is 14.4. The van der Waals surface area contributed by atoms with Crippen molar-refractivity contribution >= 4 is 11.6 Å². The molecule has 0 spiro atoms. The number of hydrogen-bond donors (Lipinski definition) is 1. The third-order valence-corrected chi connectivity index (χ3v) is 4.05. The Morgan fingerprint density at radius 3 is 2.33 bits per heavy atom. The summed E-state index contributed by atoms with van der Waals surface area (Å²) in [6, 6.07) is 8.65. The maximum Gasteiger partial charge on any atom is 0.0537 e. The number of halogens is 1. The van der Waals surface area contributed by atoms with Gasteiger partial charge in [-0.2, -0.15) is 5.10 Å². The minimum Gasteiger partial charge on any atom is -0.303 e. The van der Waals surface area contributed by atoms with Crippen molar-refractivity contribution in [3.8, 4) is 0 Å². The molecule has 0 fully saturated rings. The van der Waals surface area contributed by atoms with E-state index in [1.165, 1.54) is 11.1 Å². The molecule has 2 rings (SSSR count). The van der Waals surface area contributed by atoms with Crippen LogP contribution >= 0.6 is 11.6 Å². The highest BCUT2D eigenvalue weighted by atomic mass is 35.5. The highest BCUT2D eigenvalue weighted by Crippen LogP contribution is 2.26. The second-order valence-electron chi connectivity index (χ2n) is 5.79. The minimum atomic E-state index is 0.258. The summed E-state index contributed by atoms with van der Waals surface area (Å²) in [5.41, 5.74) is 2.49. The first-order chi connectivity index (χ1) is 10.0. The summed E-state index contributed by atoms with van der Waals surface area (Å²) in [6.07, 6.45) is 4.05. The summed E-state index contributed by atoms with van der Waals surface area (Å²) < 4.78 is 1.96. The van der Waals surface area contributed by atoms with E-state index in [0.717, 1.165) is 11.6 Å². The van der Waals surface area contributed by atoms with Crippen LogP contribution in [0.1, 0.15) is 50.9 Å². The van der Waals surface area contributed by atoms with Gasteiger partial charge >= 0.3 is 0 Å². The van der Waals surface area contributed by atoms with E-state index in [1.807, 2.05) is 23.0 Å². The molecule has 0 bridgehead atoms. The van der Waals surface area contributed by atoms with Crippen LogP contribution in [0.3, 0.4) is 0 Å². The molecule has 2 aromatic rings. The van der Waals surface area contributed by atoms with Crippen LogP contribution in [0.5, 0.6) is 0 Å². The average molecular weight is 306 g/mol. The number of hydrogen-bond acceptors (Lipinski definition) is 2. The van der Waals surface area contributed by atoms with Gasteiger partial charge in [0.2, 0.25) is 0 Å². The second kappa shape index (κ2) is 7.10. The Morgan fingerprint density at radius 1 is 1.14 bits per heavy atom. The zero-order chi connectivity index (χ0) is 15.4. The largest absolute Gasteiger partial charge is 0.303 e. The lowest BCUT2D eigenvalue weighted by Crippen LogP contribution is -2.28. The topological polar surface area (TPSA) is 29.9 Å². The highest BCUT2D eigenvalue weighted by Gasteiger charge is 2.19. The van der Waals surface area contributed by atoms with Crippen molar-refractivity contribution < 1.29 is 0 Å². The van der Waals surface area contributed by atoms with Crippen molar-refractivity contribution in [3.63, 3.8) is 0 Å². The molecule has 114 valence electrons. The van der Waals surface area contributed by atoms with Crippen LogP contribution < -0.4 is 5.32 Å². The number of benzene rings is 1. The zero-order valence-electron chi connectivity index (χ0n) is 13.2. The Morgan fingerprint density at radius 2 is 1.81 bits per heavy atom. The van der Waals surface area contributed by atoms with Gasteiger partial charge in [-0.25, -0.2) is 0 Å². The van der Waals surface area contributed by atoms with Gasteiger partial charge in [-0.1, -0.05) is 37.6 Å². The molecule has 1 N–H and O–H groups in total. The van der Waals surface area contributed by atoms with Crippen molar-refractivity contribution in [2.75, 3.05) is 0 Å². The van der Waals surface area contributed by atoms with Crippen LogP contribution in [0.15, 0.2) is 36.7 Å². The summed E-state index contributed by atoms with van der Waals surface area (Å²) in [7, 11) is 0. The summed E-state index contributed by atoms with van der Waals surface area (Å²) in [4.78, 5) is 0. The Kier molecular flexibility index (Phi) is 5.43. The monoisotopic (exact) mass is 305 g/mol. The molecule has 2 unspecified atom stereocenters. The number of rotatable bonds is 6. The first-order valence-corrected chi connectivity index (χ1v) is 7.93. The van der Waals surface area contributed by atoms with Crippen LogP contribution in [0.4, 0.5) is 0 Å². The van der Waals surface area contributed by atoms with Crippen molar-refractivity contribution in [2.24, 2.45) is 5.92 Å². The van der Waals surface area contributed by atoms with Gasteiger partial charge < -0.3 is 5.32 Å². The maximum atomic E-state index is 5.98. The molecule has 4 heteroatoms. The van der Waals surface area contributed by atoms with Gasteiger partial charge in [0.25, 0.3) is 0 Å². The number of nitrogens with zero attached hydrogens (tertiary/aromatic N) is 2. The maximum absolute atomic E-state index is 5.98. The highest BCUT2D eigenvalue weighted by molar-refractivity contribution is 6.30. The van der Waals surface area contributed by atoms with E-state index in [9.17, 15) is 0 Å². The summed E-state index contributed by atoms with van der Waals surface area (Å²) in [5.74, 6) is 0.495. The lowest BCUT2D eigenvalue weighted by Gasteiger charge is -2.26. The molecule has 0 aliphatic heterocycles. The third kappa shape index (κ3) is 4.08. The predicted molar refractivity (Wildman–Crippen MR) is 88.5 cm³/mol. The van der Waals surface area contributed by atoms with Crippen molar-refractivity contribution in [1.82, 2.24) is 15.1 Å². The zero-order valence-corrected chi connectivity index (χ0v) is 13.9. The molecule has 0 saturated carbocycles. The SMILES string of the molecule is CCn1cc(C(C)NC(c2ccc(Cl)cc2)C(C)C)cn1. The quantitative estimate of drug-likeness (QED) is 0.845. The van der Waals surface area contributed by atoms with Crippen molar-refractivity contribution in [3.05, 3.63) is 52.8 Å². The molecule has 3 nitrogen and oxygen atoms in total. The van der Waals surface area contributed by atoms with E-state index >= 15 is 0 Å². The fourth-order valence-corrected chi connectivity index (χ4v) is 2.61. The molecule has 1 heterocycles. The molecule has 0 aliphatic carbocycles. The van der Waals surface area contributed by atoms with Gasteiger partial charge in [-0.3, -0.25) is 4.68 Å². The summed E-state index contributed by atoms with van der Waals surface area (Å²) >= 11 is 5.98. The Hall–Kier alpha value is -1.32. The first-order valence-electron chi connectivity index (χ1n) is 7.55. The van der Waals surface area contributed by atoms with E-state index in [2.05, 4.69) is 56.4 Å². The van der Waals surface area contributed by atoms with E-state index in [0.29, 0.717) is 12.0 Å². The second-order valence-corrected chi connectivity index (χ2v) is 6.23. The lowest BCUT2D eigenvalue weighted by atomic mass is 9.95. The van der Waals surface area contributed by atoms with E-state index < -0.39 is 0 Å². The smallest absolute Gasteiger partial charge is 0.0537 e. The van der Waals surface area contributed by atoms with Crippen LogP contribution in [-0.2, 0) is 6.54 Å². The molecule has 0 saturated heterocycles. The fourth-order valence-electron chi connectivity index (χ4n) is 2.49. The predicted octanol–water partition coefficient (Wildman–Crippen LogP) is 4.60. The van der Waals surface area contributed by atoms with E-state index in [4.69, 9.17) is 11.6 Å². The van der Waals surface area contributed by atoms with Gasteiger partial charge in [0.1, 0.15) is 0 Å². The van der Waals surface area contributed by atoms with Crippen LogP contribution in [0.25, 0.3) is 0 Å². The first kappa shape index (κ1) is 16.1. The molecule has 0 aliphatic rings. The summed E-state index contributed by atoms with van der Waals surface area (Å²) in [5, 5.41) is 8.84. The fraction of sp³-hybridized carbons (Fsp3) is 0.471. The van der Waals surface area contributed by atoms with Crippen LogP contribution in [0.2, 0.25) is 5.02 Å². The van der Waals surface area contributed by atoms with E-state index in [1.54, 1.807) is 0 Å². The van der Waals surface area contributed by atoms with Gasteiger partial charge in [-0.05, 0) is 37.5 Å². The standard InChI is InChI=1S/C17H24ClN3/c1-5-21-11-15(10-19-21)13(4)20-17(12(2)3)14-6-8-16(18)9-7-14/h6-13,17,20H,5H2,1-4H3. The number of aryl methyl sites for hydroxylation is 1. The molecule has 2 atom stereocenters. The van der Waals surface area contributed by atoms with E-state index in [-0.39, 0.29) is 6.04 Å². The molecule has 0 amide bonds. The van der Waals surface area contributed by atoms with Crippen LogP contribution in [-0.4, -0.2) is 9.78 Å². The summed E-state index contributed by atoms with van der Waals surface area (Å²) in [6.45, 7) is 9.64. The molecular formula is C17H24ClN3. The van der Waals surface area contributed by atoms with Crippen LogP contribution in [0, 0.1) is 5.92 Å². The van der Waals surface area contributed by atoms with Gasteiger partial charge in [-0.15, -0.1) is 0 Å². The Balaban J connectivity index is 2.14. The van der Waals surface area contributed by atoms with Crippen molar-refractivity contribution in [2.45, 2.75) is 46.3 Å². The van der Waals surface area contributed by atoms with Crippen molar-refractivity contribution in [1.29, 1.82) is 0 Å². The molecule has 1 aromatic carbocycles. The molecular weight excluding hydrogens is 282 g/mol.